The van der Waals surface area contributed by atoms with Crippen LogP contribution in [0, 0.1) is 0 Å². The van der Waals surface area contributed by atoms with Crippen molar-refractivity contribution in [3.8, 4) is 5.75 Å². The molecule has 0 saturated carbocycles. The van der Waals surface area contributed by atoms with Gasteiger partial charge < -0.3 is 15.0 Å². The molecule has 2 aliphatic rings. The van der Waals surface area contributed by atoms with Gasteiger partial charge in [-0.05, 0) is 55.6 Å². The summed E-state index contributed by atoms with van der Waals surface area (Å²) in [4.78, 5) is 35.1. The van der Waals surface area contributed by atoms with Gasteiger partial charge in [0, 0.05) is 41.1 Å². The number of phenols is 1. The molecular weight excluding hydrogens is 416 g/mol. The third-order valence-corrected chi connectivity index (χ3v) is 6.38. The minimum absolute atomic E-state index is 0.114. The lowest BCUT2D eigenvalue weighted by molar-refractivity contribution is -0.128. The van der Waals surface area contributed by atoms with Gasteiger partial charge in [0.1, 0.15) is 17.8 Å². The molecule has 5 rings (SSSR count). The Balaban J connectivity index is 1.67. The molecule has 0 aliphatic carbocycles. The highest BCUT2D eigenvalue weighted by atomic mass is 35.5. The molecule has 8 heteroatoms. The molecule has 7 nitrogen and oxygen atoms in total. The Bertz CT molecular complexity index is 1200. The second-order valence-electron chi connectivity index (χ2n) is 8.41. The number of nitrogens with zero attached hydrogens (tertiary/aromatic N) is 3. The van der Waals surface area contributed by atoms with E-state index in [0.717, 1.165) is 27.7 Å². The molecule has 2 unspecified atom stereocenters. The zero-order valence-corrected chi connectivity index (χ0v) is 18.1. The molecule has 3 heterocycles. The second-order valence-corrected chi connectivity index (χ2v) is 8.84. The van der Waals surface area contributed by atoms with Gasteiger partial charge in [-0.3, -0.25) is 14.6 Å². The molecule has 1 aromatic heterocycles. The van der Waals surface area contributed by atoms with Gasteiger partial charge in [-0.2, -0.15) is 0 Å². The topological polar surface area (TPSA) is 79.9 Å². The minimum Gasteiger partial charge on any atom is -0.508 e. The predicted molar refractivity (Wildman–Crippen MR) is 118 cm³/mol. The fourth-order valence-electron chi connectivity index (χ4n) is 4.70. The number of aromatic hydroxyl groups is 1. The summed E-state index contributed by atoms with van der Waals surface area (Å²) in [6, 6.07) is 11.1. The predicted octanol–water partition coefficient (Wildman–Crippen LogP) is 3.37. The van der Waals surface area contributed by atoms with Gasteiger partial charge >= 0.3 is 6.03 Å². The number of nitrogens with one attached hydrogen (secondary N) is 1. The Hall–Kier alpha value is -3.03. The lowest BCUT2D eigenvalue weighted by Crippen LogP contribution is -2.44. The summed E-state index contributed by atoms with van der Waals surface area (Å²) in [5.74, 6) is -0.0678. The molecular formula is C23H23ClN4O3. The fraction of sp³-hybridized carbons (Fsp3) is 0.304. The van der Waals surface area contributed by atoms with Crippen LogP contribution in [0.4, 0.5) is 4.79 Å². The summed E-state index contributed by atoms with van der Waals surface area (Å²) in [5, 5.41) is 11.7. The number of hydrogen-bond acceptors (Lipinski definition) is 4. The minimum atomic E-state index is -0.590. The molecule has 1 fully saturated rings. The van der Waals surface area contributed by atoms with Crippen LogP contribution in [0.1, 0.15) is 22.9 Å². The maximum absolute atomic E-state index is 13.4. The van der Waals surface area contributed by atoms with E-state index in [1.165, 1.54) is 4.90 Å². The van der Waals surface area contributed by atoms with Crippen LogP contribution >= 0.6 is 11.6 Å². The fourth-order valence-corrected chi connectivity index (χ4v) is 4.87. The van der Waals surface area contributed by atoms with E-state index < -0.39 is 12.1 Å². The number of fused-ring (bicyclic) bond motifs is 4. The number of rotatable bonds is 4. The highest BCUT2D eigenvalue weighted by molar-refractivity contribution is 6.31. The van der Waals surface area contributed by atoms with Crippen molar-refractivity contribution in [1.82, 2.24) is 19.7 Å². The highest BCUT2D eigenvalue weighted by Crippen LogP contribution is 2.44. The molecule has 0 spiro atoms. The first-order valence-electron chi connectivity index (χ1n) is 10.2. The molecule has 31 heavy (non-hydrogen) atoms. The number of carbonyl (C=O) groups excluding carboxylic acids is 2. The van der Waals surface area contributed by atoms with Crippen LogP contribution in [-0.2, 0) is 11.2 Å². The molecule has 2 aromatic carbocycles. The average molecular weight is 439 g/mol. The summed E-state index contributed by atoms with van der Waals surface area (Å²) in [5.41, 5.74) is 3.50. The number of urea groups is 1. The third-order valence-electron chi connectivity index (χ3n) is 6.15. The van der Waals surface area contributed by atoms with Crippen molar-refractivity contribution < 1.29 is 14.7 Å². The zero-order chi connectivity index (χ0) is 21.9. The molecule has 0 bridgehead atoms. The van der Waals surface area contributed by atoms with Crippen LogP contribution in [0.3, 0.4) is 0 Å². The Labute approximate surface area is 184 Å². The van der Waals surface area contributed by atoms with Gasteiger partial charge in [0.2, 0.25) is 0 Å². The van der Waals surface area contributed by atoms with Crippen LogP contribution in [0.25, 0.3) is 10.9 Å². The summed E-state index contributed by atoms with van der Waals surface area (Å²) in [6.45, 7) is 0.934. The van der Waals surface area contributed by atoms with Gasteiger partial charge in [-0.15, -0.1) is 0 Å². The van der Waals surface area contributed by atoms with Crippen LogP contribution in [-0.4, -0.2) is 70.0 Å². The largest absolute Gasteiger partial charge is 0.508 e. The summed E-state index contributed by atoms with van der Waals surface area (Å²) < 4.78 is 0. The van der Waals surface area contributed by atoms with Crippen molar-refractivity contribution in [2.24, 2.45) is 0 Å². The lowest BCUT2D eigenvalue weighted by atomic mass is 9.89. The normalized spacial score (nSPS) is 20.6. The summed E-state index contributed by atoms with van der Waals surface area (Å²) in [7, 11) is 3.82. The summed E-state index contributed by atoms with van der Waals surface area (Å²) in [6.07, 6.45) is 0.425. The third kappa shape index (κ3) is 3.16. The maximum atomic E-state index is 13.4. The van der Waals surface area contributed by atoms with Crippen LogP contribution in [0.2, 0.25) is 5.02 Å². The van der Waals surface area contributed by atoms with Crippen LogP contribution in [0.15, 0.2) is 42.5 Å². The number of H-pyrrole nitrogens is 1. The van der Waals surface area contributed by atoms with Crippen molar-refractivity contribution in [3.63, 3.8) is 0 Å². The number of amides is 3. The number of benzene rings is 2. The SMILES string of the molecule is CN(C)CCN1C(=O)C2Cc3c([nH]c4ccc(Cl)cc34)C(c3cccc(O)c3)N2C1=O. The van der Waals surface area contributed by atoms with Crippen molar-refractivity contribution in [3.05, 3.63) is 64.3 Å². The van der Waals surface area contributed by atoms with E-state index in [1.807, 2.05) is 43.3 Å². The Morgan fingerprint density at radius 1 is 1.19 bits per heavy atom. The molecule has 160 valence electrons. The zero-order valence-electron chi connectivity index (χ0n) is 17.3. The number of likely N-dealkylation sites (N-methyl/N-ethyl adjacent to an activating group) is 1. The van der Waals surface area contributed by atoms with Gasteiger partial charge in [0.25, 0.3) is 5.91 Å². The van der Waals surface area contributed by atoms with E-state index in [0.29, 0.717) is 24.5 Å². The van der Waals surface area contributed by atoms with E-state index in [4.69, 9.17) is 11.6 Å². The van der Waals surface area contributed by atoms with Gasteiger partial charge in [-0.25, -0.2) is 4.79 Å². The number of carbonyl (C=O) groups is 2. The van der Waals surface area contributed by atoms with Crippen molar-refractivity contribution in [1.29, 1.82) is 0 Å². The standard InChI is InChI=1S/C23H23ClN4O3/c1-26(2)8-9-27-22(30)19-12-17-16-11-14(24)6-7-18(16)25-20(17)21(28(19)23(27)31)13-4-3-5-15(29)10-13/h3-7,10-11,19,21,25,29H,8-9,12H2,1-2H3. The average Bonchev–Trinajstić information content (AvgIpc) is 3.20. The van der Waals surface area contributed by atoms with E-state index >= 15 is 0 Å². The number of halogens is 1. The van der Waals surface area contributed by atoms with Gasteiger partial charge in [0.05, 0.1) is 0 Å². The van der Waals surface area contributed by atoms with E-state index in [9.17, 15) is 14.7 Å². The molecule has 1 saturated heterocycles. The van der Waals surface area contributed by atoms with Crippen LogP contribution in [0.5, 0.6) is 5.75 Å². The Morgan fingerprint density at radius 3 is 2.74 bits per heavy atom. The van der Waals surface area contributed by atoms with Crippen molar-refractivity contribution in [2.75, 3.05) is 27.2 Å². The first-order valence-corrected chi connectivity index (χ1v) is 10.6. The maximum Gasteiger partial charge on any atom is 0.328 e. The molecule has 3 aromatic rings. The monoisotopic (exact) mass is 438 g/mol. The molecule has 2 aliphatic heterocycles. The number of hydrogen-bond donors (Lipinski definition) is 2. The van der Waals surface area contributed by atoms with E-state index in [-0.39, 0.29) is 17.7 Å². The second kappa shape index (κ2) is 7.28. The molecule has 2 atom stereocenters. The molecule has 2 N–H and O–H groups in total. The first kappa shape index (κ1) is 19.9. The molecule has 0 radical (unpaired) electrons. The van der Waals surface area contributed by atoms with E-state index in [2.05, 4.69) is 4.98 Å². The molecule has 3 amide bonds. The Kier molecular flexibility index (Phi) is 4.68. The van der Waals surface area contributed by atoms with Gasteiger partial charge in [-0.1, -0.05) is 23.7 Å². The lowest BCUT2D eigenvalue weighted by Gasteiger charge is -2.36. The highest BCUT2D eigenvalue weighted by Gasteiger charge is 2.52. The smallest absolute Gasteiger partial charge is 0.328 e. The van der Waals surface area contributed by atoms with Crippen molar-refractivity contribution >= 4 is 34.4 Å². The van der Waals surface area contributed by atoms with E-state index in [1.54, 1.807) is 23.1 Å². The van der Waals surface area contributed by atoms with Crippen molar-refractivity contribution in [2.45, 2.75) is 18.5 Å². The van der Waals surface area contributed by atoms with Crippen LogP contribution < -0.4 is 0 Å². The number of aromatic amines is 1. The Morgan fingerprint density at radius 2 is 2.00 bits per heavy atom. The summed E-state index contributed by atoms with van der Waals surface area (Å²) >= 11 is 6.26. The van der Waals surface area contributed by atoms with Gasteiger partial charge in [0.15, 0.2) is 0 Å². The number of phenolic OH excluding ortho intramolecular Hbond substituents is 1. The number of imide groups is 1. The quantitative estimate of drug-likeness (QED) is 0.612. The number of aromatic nitrogens is 1. The first-order chi connectivity index (χ1) is 14.8.